The molecule has 1 N–H and O–H groups in total. The minimum atomic E-state index is -0.188. The normalized spacial score (nSPS) is 27.2. The van der Waals surface area contributed by atoms with Crippen molar-refractivity contribution in [2.24, 2.45) is 0 Å². The number of benzene rings is 1. The molecule has 0 aromatic heterocycles. The molecule has 0 radical (unpaired) electrons. The first-order valence-corrected chi connectivity index (χ1v) is 5.26. The van der Waals surface area contributed by atoms with Gasteiger partial charge in [0.25, 0.3) is 0 Å². The Balaban J connectivity index is 2.19. The number of aliphatic hydroxyl groups excluding tert-OH is 1. The molecule has 14 heavy (non-hydrogen) atoms. The van der Waals surface area contributed by atoms with Crippen LogP contribution in [0.1, 0.15) is 30.7 Å². The lowest BCUT2D eigenvalue weighted by atomic mass is 9.90. The number of hydrogen-bond acceptors (Lipinski definition) is 1. The fourth-order valence-corrected chi connectivity index (χ4v) is 2.04. The van der Waals surface area contributed by atoms with Gasteiger partial charge in [-0.1, -0.05) is 42.5 Å². The van der Waals surface area contributed by atoms with Gasteiger partial charge in [-0.3, -0.25) is 0 Å². The molecule has 0 saturated heterocycles. The lowest BCUT2D eigenvalue weighted by molar-refractivity contribution is 0.137. The van der Waals surface area contributed by atoms with E-state index in [2.05, 4.69) is 24.3 Å². The zero-order valence-electron chi connectivity index (χ0n) is 8.26. The minimum absolute atomic E-state index is 0.188. The van der Waals surface area contributed by atoms with Gasteiger partial charge in [-0.2, -0.15) is 0 Å². The average Bonchev–Trinajstić information content (AvgIpc) is 2.44. The molecule has 0 heterocycles. The Morgan fingerprint density at radius 2 is 1.86 bits per heavy atom. The van der Waals surface area contributed by atoms with E-state index in [0.717, 1.165) is 19.3 Å². The summed E-state index contributed by atoms with van der Waals surface area (Å²) in [7, 11) is 0. The molecular formula is C13H16O. The Hall–Kier alpha value is -1.08. The smallest absolute Gasteiger partial charge is 0.0614 e. The molecule has 0 spiro atoms. The Kier molecular flexibility index (Phi) is 3.00. The molecule has 1 nitrogen and oxygen atoms in total. The number of rotatable bonds is 1. The third kappa shape index (κ3) is 2.05. The summed E-state index contributed by atoms with van der Waals surface area (Å²) in [5, 5.41) is 9.96. The fourth-order valence-electron chi connectivity index (χ4n) is 2.04. The van der Waals surface area contributed by atoms with Crippen LogP contribution in [0.4, 0.5) is 0 Å². The Morgan fingerprint density at radius 3 is 2.64 bits per heavy atom. The summed E-state index contributed by atoms with van der Waals surface area (Å²) >= 11 is 0. The van der Waals surface area contributed by atoms with Gasteiger partial charge < -0.3 is 5.11 Å². The first kappa shape index (κ1) is 9.47. The van der Waals surface area contributed by atoms with E-state index >= 15 is 0 Å². The molecule has 0 aliphatic heterocycles. The van der Waals surface area contributed by atoms with Gasteiger partial charge in [0.05, 0.1) is 6.10 Å². The molecule has 2 rings (SSSR count). The van der Waals surface area contributed by atoms with Crippen molar-refractivity contribution in [2.45, 2.75) is 31.3 Å². The van der Waals surface area contributed by atoms with Gasteiger partial charge in [0.2, 0.25) is 0 Å². The molecule has 1 aliphatic carbocycles. The summed E-state index contributed by atoms with van der Waals surface area (Å²) in [6, 6.07) is 10.3. The van der Waals surface area contributed by atoms with Crippen molar-refractivity contribution in [3.05, 3.63) is 48.0 Å². The number of allylic oxidation sites excluding steroid dienone is 2. The third-order valence-corrected chi connectivity index (χ3v) is 2.88. The third-order valence-electron chi connectivity index (χ3n) is 2.88. The highest BCUT2D eigenvalue weighted by molar-refractivity contribution is 5.22. The highest BCUT2D eigenvalue weighted by Crippen LogP contribution is 2.28. The lowest BCUT2D eigenvalue weighted by Crippen LogP contribution is -2.16. The molecule has 1 aromatic rings. The van der Waals surface area contributed by atoms with Crippen molar-refractivity contribution in [1.29, 1.82) is 0 Å². The van der Waals surface area contributed by atoms with Crippen LogP contribution in [0.3, 0.4) is 0 Å². The van der Waals surface area contributed by atoms with Crippen LogP contribution in [0, 0.1) is 0 Å². The summed E-state index contributed by atoms with van der Waals surface area (Å²) < 4.78 is 0. The molecule has 1 heteroatoms. The van der Waals surface area contributed by atoms with Gasteiger partial charge in [-0.25, -0.2) is 0 Å². The summed E-state index contributed by atoms with van der Waals surface area (Å²) in [4.78, 5) is 0. The van der Waals surface area contributed by atoms with Crippen LogP contribution >= 0.6 is 0 Å². The van der Waals surface area contributed by atoms with Crippen LogP contribution in [0.15, 0.2) is 42.5 Å². The van der Waals surface area contributed by atoms with E-state index in [4.69, 9.17) is 0 Å². The van der Waals surface area contributed by atoms with E-state index in [-0.39, 0.29) is 12.0 Å². The van der Waals surface area contributed by atoms with Crippen LogP contribution < -0.4 is 0 Å². The summed E-state index contributed by atoms with van der Waals surface area (Å²) in [5.41, 5.74) is 1.26. The maximum atomic E-state index is 9.96. The van der Waals surface area contributed by atoms with Crippen molar-refractivity contribution >= 4 is 0 Å². The van der Waals surface area contributed by atoms with Crippen LogP contribution in [-0.2, 0) is 0 Å². The molecule has 1 aliphatic rings. The van der Waals surface area contributed by atoms with Gasteiger partial charge in [0, 0.05) is 5.92 Å². The van der Waals surface area contributed by atoms with Gasteiger partial charge in [-0.15, -0.1) is 0 Å². The maximum Gasteiger partial charge on any atom is 0.0614 e. The zero-order chi connectivity index (χ0) is 9.80. The quantitative estimate of drug-likeness (QED) is 0.672. The summed E-state index contributed by atoms with van der Waals surface area (Å²) in [6.07, 6.45) is 7.03. The molecule has 2 atom stereocenters. The van der Waals surface area contributed by atoms with E-state index in [1.165, 1.54) is 5.56 Å². The molecular weight excluding hydrogens is 172 g/mol. The predicted molar refractivity (Wildman–Crippen MR) is 58.2 cm³/mol. The van der Waals surface area contributed by atoms with E-state index in [1.807, 2.05) is 18.2 Å². The molecule has 0 saturated carbocycles. The number of hydrogen-bond donors (Lipinski definition) is 1. The Morgan fingerprint density at radius 1 is 1.07 bits per heavy atom. The van der Waals surface area contributed by atoms with Crippen LogP contribution in [0.25, 0.3) is 0 Å². The monoisotopic (exact) mass is 188 g/mol. The zero-order valence-corrected chi connectivity index (χ0v) is 8.26. The predicted octanol–water partition coefficient (Wildman–Crippen LogP) is 2.87. The van der Waals surface area contributed by atoms with Crippen LogP contribution in [0.2, 0.25) is 0 Å². The highest BCUT2D eigenvalue weighted by atomic mass is 16.3. The first-order chi connectivity index (χ1) is 6.88. The van der Waals surface area contributed by atoms with E-state index in [1.54, 1.807) is 0 Å². The molecule has 74 valence electrons. The van der Waals surface area contributed by atoms with E-state index < -0.39 is 0 Å². The van der Waals surface area contributed by atoms with Crippen molar-refractivity contribution in [3.8, 4) is 0 Å². The second-order valence-corrected chi connectivity index (χ2v) is 3.87. The van der Waals surface area contributed by atoms with Crippen molar-refractivity contribution < 1.29 is 5.11 Å². The van der Waals surface area contributed by atoms with E-state index in [9.17, 15) is 5.11 Å². The molecule has 0 amide bonds. The number of aliphatic hydroxyl groups is 1. The van der Waals surface area contributed by atoms with Gasteiger partial charge >= 0.3 is 0 Å². The van der Waals surface area contributed by atoms with Gasteiger partial charge in [0.15, 0.2) is 0 Å². The summed E-state index contributed by atoms with van der Waals surface area (Å²) in [6.45, 7) is 0. The molecule has 0 bridgehead atoms. The van der Waals surface area contributed by atoms with E-state index in [0.29, 0.717) is 0 Å². The van der Waals surface area contributed by atoms with Gasteiger partial charge in [0.1, 0.15) is 0 Å². The van der Waals surface area contributed by atoms with Crippen LogP contribution in [0.5, 0.6) is 0 Å². The second-order valence-electron chi connectivity index (χ2n) is 3.87. The standard InChI is InChI=1S/C13H16O/c14-13-10-6-2-5-9-12(13)11-7-3-1-4-8-11/h1-5,7-8,12-14H,6,9-10H2/t12-,13+/m1/s1. The Labute approximate surface area is 85.1 Å². The topological polar surface area (TPSA) is 20.2 Å². The largest absolute Gasteiger partial charge is 0.392 e. The molecule has 0 unspecified atom stereocenters. The fraction of sp³-hybridized carbons (Fsp3) is 0.385. The molecule has 1 aromatic carbocycles. The SMILES string of the molecule is O[C@H]1CCC=CC[C@@H]1c1ccccc1. The first-order valence-electron chi connectivity index (χ1n) is 5.26. The average molecular weight is 188 g/mol. The second kappa shape index (κ2) is 4.43. The summed E-state index contributed by atoms with van der Waals surface area (Å²) in [5.74, 6) is 0.287. The lowest BCUT2D eigenvalue weighted by Gasteiger charge is -2.20. The van der Waals surface area contributed by atoms with Crippen molar-refractivity contribution in [3.63, 3.8) is 0 Å². The minimum Gasteiger partial charge on any atom is -0.392 e. The maximum absolute atomic E-state index is 9.96. The molecule has 0 fully saturated rings. The Bertz CT molecular complexity index is 302. The van der Waals surface area contributed by atoms with Gasteiger partial charge in [-0.05, 0) is 24.8 Å². The van der Waals surface area contributed by atoms with Crippen molar-refractivity contribution in [2.75, 3.05) is 0 Å². The highest BCUT2D eigenvalue weighted by Gasteiger charge is 2.20. The van der Waals surface area contributed by atoms with Crippen molar-refractivity contribution in [1.82, 2.24) is 0 Å². The van der Waals surface area contributed by atoms with Crippen LogP contribution in [-0.4, -0.2) is 11.2 Å².